The zero-order valence-corrected chi connectivity index (χ0v) is 17.0. The van der Waals surface area contributed by atoms with Crippen LogP contribution in [-0.2, 0) is 23.1 Å². The van der Waals surface area contributed by atoms with Crippen molar-refractivity contribution in [1.82, 2.24) is 0 Å². The van der Waals surface area contributed by atoms with E-state index in [9.17, 15) is 9.36 Å². The predicted octanol–water partition coefficient (Wildman–Crippen LogP) is 3.22. The van der Waals surface area contributed by atoms with Crippen LogP contribution in [0.5, 0.6) is 0 Å². The van der Waals surface area contributed by atoms with E-state index >= 15 is 0 Å². The minimum atomic E-state index is -3.48. The van der Waals surface area contributed by atoms with Crippen molar-refractivity contribution in [2.45, 2.75) is 39.2 Å². The second-order valence-electron chi connectivity index (χ2n) is 5.47. The molecule has 1 aromatic rings. The molecule has 5 nitrogen and oxygen atoms in total. The van der Waals surface area contributed by atoms with Gasteiger partial charge in [-0.15, -0.1) is 0 Å². The van der Waals surface area contributed by atoms with Crippen LogP contribution in [-0.4, -0.2) is 40.2 Å². The summed E-state index contributed by atoms with van der Waals surface area (Å²) >= 11 is -0.210. The molecule has 1 heterocycles. The zero-order valence-electron chi connectivity index (χ0n) is 14.4. The molecule has 0 amide bonds. The molecule has 1 aromatic carbocycles. The Labute approximate surface area is 149 Å². The molecule has 132 valence electrons. The maximum absolute atomic E-state index is 13.1. The van der Waals surface area contributed by atoms with Crippen LogP contribution in [0, 0.1) is 0 Å². The zero-order chi connectivity index (χ0) is 17.8. The molecule has 7 heteroatoms. The molecule has 2 atom stereocenters. The summed E-state index contributed by atoms with van der Waals surface area (Å²) in [7, 11) is -2.11. The summed E-state index contributed by atoms with van der Waals surface area (Å²) in [5.74, 6) is -0.513. The van der Waals surface area contributed by atoms with Crippen molar-refractivity contribution < 1.29 is 23.1 Å². The van der Waals surface area contributed by atoms with Gasteiger partial charge in [-0.1, -0.05) is 0 Å². The quantitative estimate of drug-likeness (QED) is 0.387. The van der Waals surface area contributed by atoms with Crippen LogP contribution in [0.15, 0.2) is 40.1 Å². The number of allylic oxidation sites excluding steroid dienone is 1. The number of carbonyl (C=O) groups excluding carboxylic acids is 1. The van der Waals surface area contributed by atoms with E-state index < -0.39 is 19.2 Å². The fourth-order valence-electron chi connectivity index (χ4n) is 2.53. The fraction of sp³-hybridized carbons (Fsp3) is 0.471. The number of rotatable bonds is 7. The van der Waals surface area contributed by atoms with Gasteiger partial charge >= 0.3 is 149 Å². The molecular weight excluding hydrogens is 394 g/mol. The molecule has 24 heavy (non-hydrogen) atoms. The van der Waals surface area contributed by atoms with Gasteiger partial charge in [0.25, 0.3) is 0 Å². The Hall–Kier alpha value is -0.901. The van der Waals surface area contributed by atoms with E-state index in [0.717, 1.165) is 15.4 Å². The molecule has 1 aliphatic rings. The predicted molar refractivity (Wildman–Crippen MR) is 94.5 cm³/mol. The van der Waals surface area contributed by atoms with Gasteiger partial charge < -0.3 is 0 Å². The SMILES string of the molecule is CCCC1=C([Se]c2ccccc2)C(C)(C(=O)OCC)OP1(=O)OC. The topological polar surface area (TPSA) is 61.8 Å². The van der Waals surface area contributed by atoms with E-state index in [1.165, 1.54) is 7.11 Å². The van der Waals surface area contributed by atoms with Crippen molar-refractivity contribution in [2.75, 3.05) is 13.7 Å². The van der Waals surface area contributed by atoms with E-state index in [0.29, 0.717) is 11.7 Å². The van der Waals surface area contributed by atoms with E-state index in [4.69, 9.17) is 13.8 Å². The van der Waals surface area contributed by atoms with E-state index in [-0.39, 0.29) is 21.6 Å². The first-order valence-corrected chi connectivity index (χ1v) is 11.2. The first-order chi connectivity index (χ1) is 11.4. The summed E-state index contributed by atoms with van der Waals surface area (Å²) < 4.78 is 31.1. The second kappa shape index (κ2) is 7.99. The first kappa shape index (κ1) is 19.4. The van der Waals surface area contributed by atoms with Crippen molar-refractivity contribution in [3.05, 3.63) is 40.1 Å². The Morgan fingerprint density at radius 1 is 1.29 bits per heavy atom. The molecule has 0 bridgehead atoms. The normalized spacial score (nSPS) is 26.7. The molecule has 1 aliphatic heterocycles. The van der Waals surface area contributed by atoms with Gasteiger partial charge in [0.15, 0.2) is 0 Å². The first-order valence-electron chi connectivity index (χ1n) is 7.92. The average Bonchev–Trinajstić information content (AvgIpc) is 2.79. The fourth-order valence-corrected chi connectivity index (χ4v) is 7.87. The van der Waals surface area contributed by atoms with Crippen LogP contribution in [0.1, 0.15) is 33.6 Å². The molecule has 0 saturated heterocycles. The van der Waals surface area contributed by atoms with Crippen LogP contribution in [0.4, 0.5) is 0 Å². The molecule has 0 spiro atoms. The number of ether oxygens (including phenoxy) is 1. The number of esters is 1. The Balaban J connectivity index is 2.55. The van der Waals surface area contributed by atoms with Crippen molar-refractivity contribution in [1.29, 1.82) is 0 Å². The summed E-state index contributed by atoms with van der Waals surface area (Å²) in [5, 5.41) is 0.631. The molecule has 0 aromatic heterocycles. The number of hydrogen-bond acceptors (Lipinski definition) is 5. The molecule has 0 fully saturated rings. The Morgan fingerprint density at radius 3 is 2.50 bits per heavy atom. The van der Waals surface area contributed by atoms with Gasteiger partial charge in [0.2, 0.25) is 0 Å². The van der Waals surface area contributed by atoms with Gasteiger partial charge in [0.05, 0.1) is 0 Å². The van der Waals surface area contributed by atoms with E-state index in [2.05, 4.69) is 0 Å². The van der Waals surface area contributed by atoms with E-state index in [1.807, 2.05) is 37.3 Å². The third-order valence-electron chi connectivity index (χ3n) is 3.68. The summed E-state index contributed by atoms with van der Waals surface area (Å²) in [4.78, 5) is 12.6. The molecular formula is C17H23O5PSe. The Morgan fingerprint density at radius 2 is 1.96 bits per heavy atom. The third-order valence-corrected chi connectivity index (χ3v) is 9.05. The molecule has 0 aliphatic carbocycles. The van der Waals surface area contributed by atoms with Crippen LogP contribution in [0.2, 0.25) is 0 Å². The standard InChI is InChI=1S/C17H23O5PSe/c1-5-10-14-15(24-13-11-8-7-9-12-13)17(3,16(18)21-6-2)22-23(14,19)20-4/h7-9,11-12H,5-6,10H2,1-4H3. The van der Waals surface area contributed by atoms with Gasteiger partial charge in [-0.3, -0.25) is 0 Å². The second-order valence-corrected chi connectivity index (χ2v) is 9.82. The number of carbonyl (C=O) groups is 1. The molecule has 2 rings (SSSR count). The molecule has 0 radical (unpaired) electrons. The Kier molecular flexibility index (Phi) is 6.46. The van der Waals surface area contributed by atoms with Gasteiger partial charge in [-0.25, -0.2) is 0 Å². The maximum atomic E-state index is 13.1. The Bertz CT molecular complexity index is 673. The van der Waals surface area contributed by atoms with Crippen LogP contribution >= 0.6 is 7.60 Å². The van der Waals surface area contributed by atoms with Crippen LogP contribution < -0.4 is 4.46 Å². The number of hydrogen-bond donors (Lipinski definition) is 0. The number of benzene rings is 1. The van der Waals surface area contributed by atoms with Gasteiger partial charge in [0.1, 0.15) is 0 Å². The molecule has 0 saturated carbocycles. The summed E-state index contributed by atoms with van der Waals surface area (Å²) in [6.45, 7) is 5.62. The molecule has 2 unspecified atom stereocenters. The van der Waals surface area contributed by atoms with Gasteiger partial charge in [0, 0.05) is 0 Å². The van der Waals surface area contributed by atoms with Gasteiger partial charge in [-0.2, -0.15) is 0 Å². The molecule has 0 N–H and O–H groups in total. The van der Waals surface area contributed by atoms with E-state index in [1.54, 1.807) is 13.8 Å². The van der Waals surface area contributed by atoms with Crippen molar-refractivity contribution in [3.8, 4) is 0 Å². The third kappa shape index (κ3) is 3.68. The van der Waals surface area contributed by atoms with Crippen molar-refractivity contribution >= 4 is 33.0 Å². The average molecular weight is 417 g/mol. The summed E-state index contributed by atoms with van der Waals surface area (Å²) in [6, 6.07) is 9.84. The monoisotopic (exact) mass is 418 g/mol. The van der Waals surface area contributed by atoms with Gasteiger partial charge in [-0.05, 0) is 0 Å². The van der Waals surface area contributed by atoms with Crippen LogP contribution in [0.3, 0.4) is 0 Å². The van der Waals surface area contributed by atoms with Crippen molar-refractivity contribution in [3.63, 3.8) is 0 Å². The minimum absolute atomic E-state index is 0.210. The summed E-state index contributed by atoms with van der Waals surface area (Å²) in [5.41, 5.74) is -1.36. The van der Waals surface area contributed by atoms with Crippen molar-refractivity contribution in [2.24, 2.45) is 0 Å². The summed E-state index contributed by atoms with van der Waals surface area (Å²) in [6.07, 6.45) is 1.36. The van der Waals surface area contributed by atoms with Crippen LogP contribution in [0.25, 0.3) is 0 Å².